The number of hydrogen-bond donors (Lipinski definition) is 9. The van der Waals surface area contributed by atoms with Gasteiger partial charge in [0.15, 0.2) is 6.29 Å². The van der Waals surface area contributed by atoms with E-state index < -0.39 is 74.4 Å². The standard InChI is InChI=1S/C13H18O5.C6H12O6/c14-7-10-12(16)13(17)11(15)9(18-10)6-8-4-2-1-3-5-8;7-1-2-3(8)4(9)5(10)6(11)12-2/h1-5,9-17H,6-7H2;2-11H,1H2/t9-,10?,11?,12+,13+;2?,3-,4+,5?,6?/m01/s1. The molecule has 11 nitrogen and oxygen atoms in total. The Balaban J connectivity index is 0.000000232. The second-order valence-electron chi connectivity index (χ2n) is 7.28. The van der Waals surface area contributed by atoms with Gasteiger partial charge in [-0.3, -0.25) is 0 Å². The van der Waals surface area contributed by atoms with Crippen molar-refractivity contribution in [3.05, 3.63) is 35.9 Å². The summed E-state index contributed by atoms with van der Waals surface area (Å²) >= 11 is 0. The van der Waals surface area contributed by atoms with Crippen LogP contribution in [-0.2, 0) is 15.9 Å². The number of hydrogen-bond acceptors (Lipinski definition) is 11. The number of ether oxygens (including phenoxy) is 2. The van der Waals surface area contributed by atoms with Crippen molar-refractivity contribution < 1.29 is 55.4 Å². The Morgan fingerprint density at radius 3 is 1.57 bits per heavy atom. The highest BCUT2D eigenvalue weighted by atomic mass is 16.6. The van der Waals surface area contributed by atoms with Crippen molar-refractivity contribution >= 4 is 0 Å². The molecule has 2 aliphatic heterocycles. The largest absolute Gasteiger partial charge is 0.394 e. The first-order chi connectivity index (χ1) is 14.2. The van der Waals surface area contributed by atoms with E-state index in [1.807, 2.05) is 30.3 Å². The van der Waals surface area contributed by atoms with Gasteiger partial charge < -0.3 is 55.4 Å². The van der Waals surface area contributed by atoms with Crippen LogP contribution in [0.3, 0.4) is 0 Å². The van der Waals surface area contributed by atoms with Crippen LogP contribution in [0.2, 0.25) is 0 Å². The van der Waals surface area contributed by atoms with E-state index in [-0.39, 0.29) is 0 Å². The summed E-state index contributed by atoms with van der Waals surface area (Å²) in [5.41, 5.74) is 0.960. The molecule has 2 fully saturated rings. The van der Waals surface area contributed by atoms with Crippen molar-refractivity contribution in [2.24, 2.45) is 0 Å². The first kappa shape index (κ1) is 25.0. The van der Waals surface area contributed by atoms with E-state index in [2.05, 4.69) is 4.74 Å². The lowest BCUT2D eigenvalue weighted by molar-refractivity contribution is -0.286. The normalized spacial score (nSPS) is 41.6. The maximum atomic E-state index is 9.87. The van der Waals surface area contributed by atoms with Gasteiger partial charge >= 0.3 is 0 Å². The van der Waals surface area contributed by atoms with E-state index in [9.17, 15) is 15.3 Å². The van der Waals surface area contributed by atoms with E-state index in [4.69, 9.17) is 35.4 Å². The second kappa shape index (κ2) is 11.4. The first-order valence-corrected chi connectivity index (χ1v) is 9.54. The molecule has 0 saturated carbocycles. The number of rotatable bonds is 4. The molecular weight excluding hydrogens is 404 g/mol. The van der Waals surface area contributed by atoms with Gasteiger partial charge in [-0.1, -0.05) is 30.3 Å². The van der Waals surface area contributed by atoms with Crippen LogP contribution >= 0.6 is 0 Å². The van der Waals surface area contributed by atoms with Crippen molar-refractivity contribution in [1.29, 1.82) is 0 Å². The van der Waals surface area contributed by atoms with Crippen molar-refractivity contribution in [3.63, 3.8) is 0 Å². The Morgan fingerprint density at radius 1 is 0.567 bits per heavy atom. The zero-order valence-electron chi connectivity index (χ0n) is 16.1. The molecule has 0 aliphatic carbocycles. The predicted octanol–water partition coefficient (Wildman–Crippen LogP) is -4.15. The average molecular weight is 434 g/mol. The molecule has 2 aliphatic rings. The topological polar surface area (TPSA) is 201 Å². The van der Waals surface area contributed by atoms with Crippen molar-refractivity contribution in [2.45, 2.75) is 67.6 Å². The molecule has 10 atom stereocenters. The summed E-state index contributed by atoms with van der Waals surface area (Å²) in [6.07, 6.45) is -11.9. The predicted molar refractivity (Wildman–Crippen MR) is 99.9 cm³/mol. The van der Waals surface area contributed by atoms with E-state index in [1.54, 1.807) is 0 Å². The molecule has 0 radical (unpaired) electrons. The van der Waals surface area contributed by atoms with Gasteiger partial charge in [0.2, 0.25) is 0 Å². The molecule has 30 heavy (non-hydrogen) atoms. The Kier molecular flexibility index (Phi) is 9.53. The fourth-order valence-electron chi connectivity index (χ4n) is 3.28. The van der Waals surface area contributed by atoms with Gasteiger partial charge in [-0.05, 0) is 5.56 Å². The monoisotopic (exact) mass is 434 g/mol. The van der Waals surface area contributed by atoms with E-state index in [0.717, 1.165) is 5.56 Å². The molecule has 0 bridgehead atoms. The van der Waals surface area contributed by atoms with Crippen LogP contribution in [0.25, 0.3) is 0 Å². The minimum absolute atomic E-state index is 0.393. The summed E-state index contributed by atoms with van der Waals surface area (Å²) in [4.78, 5) is 0. The molecule has 5 unspecified atom stereocenters. The highest BCUT2D eigenvalue weighted by Gasteiger charge is 2.43. The lowest BCUT2D eigenvalue weighted by atomic mass is 9.92. The second-order valence-corrected chi connectivity index (χ2v) is 7.28. The quantitative estimate of drug-likeness (QED) is 0.223. The number of benzene rings is 1. The maximum absolute atomic E-state index is 9.87. The molecule has 2 heterocycles. The van der Waals surface area contributed by atoms with Crippen LogP contribution in [0.15, 0.2) is 30.3 Å². The maximum Gasteiger partial charge on any atom is 0.184 e. The summed E-state index contributed by atoms with van der Waals surface area (Å²) < 4.78 is 10.0. The van der Waals surface area contributed by atoms with Gasteiger partial charge in [0.25, 0.3) is 0 Å². The van der Waals surface area contributed by atoms with Crippen LogP contribution in [0.5, 0.6) is 0 Å². The van der Waals surface area contributed by atoms with Gasteiger partial charge in [0, 0.05) is 6.42 Å². The van der Waals surface area contributed by atoms with E-state index in [0.29, 0.717) is 6.42 Å². The zero-order valence-corrected chi connectivity index (χ0v) is 16.1. The third-order valence-corrected chi connectivity index (χ3v) is 5.14. The van der Waals surface area contributed by atoms with Crippen LogP contribution in [0.4, 0.5) is 0 Å². The Bertz CT molecular complexity index is 611. The fourth-order valence-corrected chi connectivity index (χ4v) is 3.28. The van der Waals surface area contributed by atoms with Crippen molar-refractivity contribution in [2.75, 3.05) is 13.2 Å². The number of aliphatic hydroxyl groups excluding tert-OH is 9. The van der Waals surface area contributed by atoms with E-state index >= 15 is 0 Å². The highest BCUT2D eigenvalue weighted by Crippen LogP contribution is 2.23. The highest BCUT2D eigenvalue weighted by molar-refractivity contribution is 5.16. The fraction of sp³-hybridized carbons (Fsp3) is 0.684. The lowest BCUT2D eigenvalue weighted by Crippen LogP contribution is -2.58. The summed E-state index contributed by atoms with van der Waals surface area (Å²) in [5, 5.41) is 82.9. The van der Waals surface area contributed by atoms with Crippen LogP contribution in [0, 0.1) is 0 Å². The van der Waals surface area contributed by atoms with Crippen LogP contribution < -0.4 is 0 Å². The molecule has 11 heteroatoms. The molecule has 1 aromatic carbocycles. The van der Waals surface area contributed by atoms with Gasteiger partial charge in [0.05, 0.1) is 19.3 Å². The molecule has 0 amide bonds. The Morgan fingerprint density at radius 2 is 1.03 bits per heavy atom. The summed E-state index contributed by atoms with van der Waals surface area (Å²) in [5.74, 6) is 0. The van der Waals surface area contributed by atoms with Gasteiger partial charge in [0.1, 0.15) is 48.8 Å². The first-order valence-electron chi connectivity index (χ1n) is 9.54. The minimum atomic E-state index is -1.57. The molecule has 1 aromatic rings. The van der Waals surface area contributed by atoms with E-state index in [1.165, 1.54) is 0 Å². The van der Waals surface area contributed by atoms with Crippen LogP contribution in [0.1, 0.15) is 5.56 Å². The molecule has 3 rings (SSSR count). The summed E-state index contributed by atoms with van der Waals surface area (Å²) in [7, 11) is 0. The lowest BCUT2D eigenvalue weighted by Gasteiger charge is -2.40. The molecule has 0 aromatic heterocycles. The van der Waals surface area contributed by atoms with Crippen molar-refractivity contribution in [1.82, 2.24) is 0 Å². The SMILES string of the molecule is OCC1OC(O)C(O)[C@@H](O)[C@@H]1O.OCC1O[C@@H](Cc2ccccc2)C(O)[C@@H](O)[C@@H]1O. The van der Waals surface area contributed by atoms with Gasteiger partial charge in [-0.15, -0.1) is 0 Å². The van der Waals surface area contributed by atoms with Gasteiger partial charge in [-0.2, -0.15) is 0 Å². The Labute approximate surface area is 173 Å². The third kappa shape index (κ3) is 5.93. The molecule has 172 valence electrons. The molecule has 0 spiro atoms. The summed E-state index contributed by atoms with van der Waals surface area (Å²) in [6, 6.07) is 9.42. The number of aliphatic hydroxyl groups is 9. The molecule has 2 saturated heterocycles. The zero-order chi connectivity index (χ0) is 22.4. The minimum Gasteiger partial charge on any atom is -0.394 e. The van der Waals surface area contributed by atoms with Crippen molar-refractivity contribution in [3.8, 4) is 0 Å². The smallest absolute Gasteiger partial charge is 0.184 e. The third-order valence-electron chi connectivity index (χ3n) is 5.14. The molecule has 9 N–H and O–H groups in total. The summed E-state index contributed by atoms with van der Waals surface area (Å²) in [6.45, 7) is -0.918. The average Bonchev–Trinajstić information content (AvgIpc) is 2.76. The van der Waals surface area contributed by atoms with Crippen LogP contribution in [-0.4, -0.2) is 120 Å². The molecular formula is C19H30O11. The Hall–Kier alpha value is -1.22. The van der Waals surface area contributed by atoms with Gasteiger partial charge in [-0.25, -0.2) is 0 Å².